The summed E-state index contributed by atoms with van der Waals surface area (Å²) in [6.45, 7) is 3.34. The van der Waals surface area contributed by atoms with Gasteiger partial charge in [-0.25, -0.2) is 9.48 Å². The number of hydrogen-bond donors (Lipinski definition) is 2. The largest absolute Gasteiger partial charge is 0.480 e. The number of carbonyl (C=O) groups is 1. The lowest BCUT2D eigenvalue weighted by Gasteiger charge is -2.16. The third-order valence-electron chi connectivity index (χ3n) is 2.78. The van der Waals surface area contributed by atoms with Crippen LogP contribution in [0.25, 0.3) is 11.4 Å². The van der Waals surface area contributed by atoms with Crippen molar-refractivity contribution in [2.75, 3.05) is 0 Å². The molecule has 0 saturated carbocycles. The van der Waals surface area contributed by atoms with E-state index in [-0.39, 0.29) is 0 Å². The summed E-state index contributed by atoms with van der Waals surface area (Å²) in [7, 11) is 0. The molecule has 2 rings (SSSR count). The monoisotopic (exact) mass is 262 g/mol. The Bertz CT molecular complexity index is 577. The molecular formula is C12H14N4O3. The summed E-state index contributed by atoms with van der Waals surface area (Å²) < 4.78 is 1.12. The van der Waals surface area contributed by atoms with Gasteiger partial charge < -0.3 is 10.2 Å². The van der Waals surface area contributed by atoms with Gasteiger partial charge in [-0.3, -0.25) is 0 Å². The zero-order valence-corrected chi connectivity index (χ0v) is 10.6. The standard InChI is InChI=1S/C12H14N4O3/c1-7-3-5-9(6-4-7)11-13-14-15-16(11)10(8(2)17)12(18)19/h3-6,8,10,17H,1-2H3,(H,18,19). The van der Waals surface area contributed by atoms with Crippen molar-refractivity contribution in [2.24, 2.45) is 0 Å². The number of aliphatic hydroxyl groups is 1. The number of carboxylic acids is 1. The fourth-order valence-corrected chi connectivity index (χ4v) is 1.79. The van der Waals surface area contributed by atoms with Crippen LogP contribution in [0.15, 0.2) is 24.3 Å². The Labute approximate surface area is 109 Å². The molecule has 2 N–H and O–H groups in total. The summed E-state index contributed by atoms with van der Waals surface area (Å²) in [6.07, 6.45) is -1.11. The summed E-state index contributed by atoms with van der Waals surface area (Å²) in [5, 5.41) is 29.7. The minimum absolute atomic E-state index is 0.313. The van der Waals surface area contributed by atoms with Crippen LogP contribution in [0.4, 0.5) is 0 Å². The molecule has 0 saturated heterocycles. The molecule has 0 aliphatic carbocycles. The fourth-order valence-electron chi connectivity index (χ4n) is 1.79. The summed E-state index contributed by atoms with van der Waals surface area (Å²) in [6, 6.07) is 6.15. The molecule has 100 valence electrons. The highest BCUT2D eigenvalue weighted by atomic mass is 16.4. The summed E-state index contributed by atoms with van der Waals surface area (Å²) in [5.74, 6) is -0.871. The number of hydrogen-bond acceptors (Lipinski definition) is 5. The highest BCUT2D eigenvalue weighted by Crippen LogP contribution is 2.21. The van der Waals surface area contributed by atoms with Crippen molar-refractivity contribution < 1.29 is 15.0 Å². The quantitative estimate of drug-likeness (QED) is 0.839. The second-order valence-corrected chi connectivity index (χ2v) is 4.34. The molecule has 19 heavy (non-hydrogen) atoms. The smallest absolute Gasteiger partial charge is 0.331 e. The molecule has 0 bridgehead atoms. The minimum Gasteiger partial charge on any atom is -0.480 e. The van der Waals surface area contributed by atoms with E-state index in [2.05, 4.69) is 15.5 Å². The maximum atomic E-state index is 11.2. The van der Waals surface area contributed by atoms with Gasteiger partial charge in [0.1, 0.15) is 0 Å². The topological polar surface area (TPSA) is 101 Å². The van der Waals surface area contributed by atoms with Crippen LogP contribution in [0.3, 0.4) is 0 Å². The molecule has 2 atom stereocenters. The maximum Gasteiger partial charge on any atom is 0.331 e. The lowest BCUT2D eigenvalue weighted by Crippen LogP contribution is -2.30. The van der Waals surface area contributed by atoms with Gasteiger partial charge in [0.15, 0.2) is 11.9 Å². The van der Waals surface area contributed by atoms with Crippen molar-refractivity contribution in [3.63, 3.8) is 0 Å². The predicted molar refractivity (Wildman–Crippen MR) is 66.3 cm³/mol. The Morgan fingerprint density at radius 3 is 2.47 bits per heavy atom. The van der Waals surface area contributed by atoms with Crippen molar-refractivity contribution >= 4 is 5.97 Å². The van der Waals surface area contributed by atoms with Crippen LogP contribution in [-0.4, -0.2) is 42.5 Å². The van der Waals surface area contributed by atoms with E-state index in [1.54, 1.807) is 12.1 Å². The number of tetrazole rings is 1. The van der Waals surface area contributed by atoms with E-state index >= 15 is 0 Å². The predicted octanol–water partition coefficient (Wildman–Crippen LogP) is 0.655. The van der Waals surface area contributed by atoms with Gasteiger partial charge >= 0.3 is 5.97 Å². The summed E-state index contributed by atoms with van der Waals surface area (Å²) in [4.78, 5) is 11.2. The van der Waals surface area contributed by atoms with E-state index in [1.165, 1.54) is 6.92 Å². The van der Waals surface area contributed by atoms with Gasteiger partial charge in [-0.1, -0.05) is 29.8 Å². The average molecular weight is 262 g/mol. The zero-order valence-electron chi connectivity index (χ0n) is 10.6. The zero-order chi connectivity index (χ0) is 14.0. The first kappa shape index (κ1) is 13.2. The Kier molecular flexibility index (Phi) is 3.57. The molecule has 0 amide bonds. The van der Waals surface area contributed by atoms with Crippen molar-refractivity contribution in [1.29, 1.82) is 0 Å². The second kappa shape index (κ2) is 5.15. The van der Waals surface area contributed by atoms with Crippen LogP contribution in [0, 0.1) is 6.92 Å². The molecule has 0 fully saturated rings. The molecule has 0 radical (unpaired) electrons. The number of aliphatic hydroxyl groups excluding tert-OH is 1. The molecule has 0 aliphatic rings. The van der Waals surface area contributed by atoms with Crippen molar-refractivity contribution in [3.05, 3.63) is 29.8 Å². The van der Waals surface area contributed by atoms with Gasteiger partial charge in [0.25, 0.3) is 0 Å². The lowest BCUT2D eigenvalue weighted by molar-refractivity contribution is -0.144. The average Bonchev–Trinajstić information content (AvgIpc) is 2.78. The Balaban J connectivity index is 2.47. The van der Waals surface area contributed by atoms with Gasteiger partial charge in [0, 0.05) is 5.56 Å². The van der Waals surface area contributed by atoms with Crippen LogP contribution in [-0.2, 0) is 4.79 Å². The number of carboxylic acid groups (broad SMARTS) is 1. The number of aryl methyl sites for hydroxylation is 1. The molecule has 7 nitrogen and oxygen atoms in total. The minimum atomic E-state index is -1.22. The molecule has 1 heterocycles. The first-order valence-corrected chi connectivity index (χ1v) is 5.76. The summed E-state index contributed by atoms with van der Waals surface area (Å²) >= 11 is 0. The van der Waals surface area contributed by atoms with Crippen LogP contribution in [0.5, 0.6) is 0 Å². The van der Waals surface area contributed by atoms with E-state index in [0.717, 1.165) is 10.2 Å². The fraction of sp³-hybridized carbons (Fsp3) is 0.333. The van der Waals surface area contributed by atoms with Crippen LogP contribution < -0.4 is 0 Å². The first-order chi connectivity index (χ1) is 9.00. The van der Waals surface area contributed by atoms with Crippen LogP contribution in [0.1, 0.15) is 18.5 Å². The van der Waals surface area contributed by atoms with Gasteiger partial charge in [-0.05, 0) is 24.3 Å². The molecule has 0 spiro atoms. The lowest BCUT2D eigenvalue weighted by atomic mass is 10.1. The number of nitrogens with zero attached hydrogens (tertiary/aromatic N) is 4. The molecule has 0 aliphatic heterocycles. The number of aromatic nitrogens is 4. The molecule has 2 unspecified atom stereocenters. The van der Waals surface area contributed by atoms with E-state index < -0.39 is 18.1 Å². The number of rotatable bonds is 4. The number of aliphatic carboxylic acids is 1. The van der Waals surface area contributed by atoms with E-state index in [0.29, 0.717) is 11.4 Å². The van der Waals surface area contributed by atoms with E-state index in [9.17, 15) is 9.90 Å². The van der Waals surface area contributed by atoms with Gasteiger partial charge in [-0.2, -0.15) is 0 Å². The third kappa shape index (κ3) is 2.60. The van der Waals surface area contributed by atoms with Gasteiger partial charge in [-0.15, -0.1) is 5.10 Å². The van der Waals surface area contributed by atoms with Crippen molar-refractivity contribution in [3.8, 4) is 11.4 Å². The van der Waals surface area contributed by atoms with Crippen LogP contribution >= 0.6 is 0 Å². The normalized spacial score (nSPS) is 14.1. The first-order valence-electron chi connectivity index (χ1n) is 5.76. The van der Waals surface area contributed by atoms with Gasteiger partial charge in [0.2, 0.25) is 0 Å². The van der Waals surface area contributed by atoms with Crippen molar-refractivity contribution in [1.82, 2.24) is 20.2 Å². The number of benzene rings is 1. The molecule has 2 aromatic rings. The highest BCUT2D eigenvalue weighted by Gasteiger charge is 2.29. The third-order valence-corrected chi connectivity index (χ3v) is 2.78. The maximum absolute atomic E-state index is 11.2. The second-order valence-electron chi connectivity index (χ2n) is 4.34. The molecule has 1 aromatic heterocycles. The van der Waals surface area contributed by atoms with Crippen molar-refractivity contribution in [2.45, 2.75) is 26.0 Å². The van der Waals surface area contributed by atoms with Gasteiger partial charge in [0.05, 0.1) is 6.10 Å². The summed E-state index contributed by atoms with van der Waals surface area (Å²) in [5.41, 5.74) is 1.77. The van der Waals surface area contributed by atoms with E-state index in [4.69, 9.17) is 5.11 Å². The SMILES string of the molecule is Cc1ccc(-c2nnnn2C(C(=O)O)C(C)O)cc1. The molecule has 7 heteroatoms. The Morgan fingerprint density at radius 1 is 1.32 bits per heavy atom. The van der Waals surface area contributed by atoms with Crippen LogP contribution in [0.2, 0.25) is 0 Å². The molecular weight excluding hydrogens is 248 g/mol. The highest BCUT2D eigenvalue weighted by molar-refractivity contribution is 5.73. The Morgan fingerprint density at radius 2 is 1.95 bits per heavy atom. The van der Waals surface area contributed by atoms with E-state index in [1.807, 2.05) is 19.1 Å². The molecule has 1 aromatic carbocycles. The Hall–Kier alpha value is -2.28.